The number of aryl methyl sites for hydroxylation is 1. The minimum absolute atomic E-state index is 0.186. The molecule has 0 radical (unpaired) electrons. The minimum atomic E-state index is -1.12. The van der Waals surface area contributed by atoms with Gasteiger partial charge in [0, 0.05) is 20.1 Å². The third-order valence-electron chi connectivity index (χ3n) is 5.64. The molecule has 0 aliphatic carbocycles. The van der Waals surface area contributed by atoms with Crippen molar-refractivity contribution in [1.82, 2.24) is 14.8 Å². The fraction of sp³-hybridized carbons (Fsp3) is 0.526. The molecule has 0 saturated carbocycles. The molecule has 3 heterocycles. The van der Waals surface area contributed by atoms with Crippen molar-refractivity contribution in [1.29, 1.82) is 0 Å². The first-order chi connectivity index (χ1) is 13.5. The molecule has 150 valence electrons. The van der Waals surface area contributed by atoms with Gasteiger partial charge < -0.3 is 24.2 Å². The second-order valence-electron chi connectivity index (χ2n) is 7.11. The molecule has 1 spiro atoms. The van der Waals surface area contributed by atoms with Crippen LogP contribution in [0.1, 0.15) is 34.6 Å². The Bertz CT molecular complexity index is 902. The van der Waals surface area contributed by atoms with Crippen molar-refractivity contribution in [2.75, 3.05) is 38.8 Å². The molecule has 9 heteroatoms. The van der Waals surface area contributed by atoms with Gasteiger partial charge in [0.15, 0.2) is 11.5 Å². The van der Waals surface area contributed by atoms with Crippen LogP contribution in [0.5, 0.6) is 11.5 Å². The smallest absolute Gasteiger partial charge is 0.375 e. The van der Waals surface area contributed by atoms with E-state index in [1.807, 2.05) is 12.1 Å². The molecule has 2 aliphatic heterocycles. The van der Waals surface area contributed by atoms with Gasteiger partial charge in [-0.25, -0.2) is 9.48 Å². The van der Waals surface area contributed by atoms with E-state index in [0.29, 0.717) is 31.4 Å². The predicted octanol–water partition coefficient (Wildman–Crippen LogP) is 1.60. The van der Waals surface area contributed by atoms with Crippen molar-refractivity contribution in [2.45, 2.75) is 24.9 Å². The number of carboxylic acid groups (broad SMARTS) is 1. The normalized spacial score (nSPS) is 18.0. The number of anilines is 1. The molecule has 4 rings (SSSR count). The summed E-state index contributed by atoms with van der Waals surface area (Å²) in [5.41, 5.74) is 2.00. The number of fused-ring (bicyclic) bond motifs is 2. The Labute approximate surface area is 162 Å². The highest BCUT2D eigenvalue weighted by Gasteiger charge is 2.42. The number of piperidine rings is 1. The zero-order valence-corrected chi connectivity index (χ0v) is 16.3. The molecule has 1 N–H and O–H groups in total. The Hall–Kier alpha value is -2.81. The van der Waals surface area contributed by atoms with E-state index in [4.69, 9.17) is 19.3 Å². The van der Waals surface area contributed by atoms with Crippen LogP contribution in [0.4, 0.5) is 5.95 Å². The van der Waals surface area contributed by atoms with E-state index in [0.717, 1.165) is 30.6 Å². The van der Waals surface area contributed by atoms with Crippen molar-refractivity contribution in [3.63, 3.8) is 0 Å². The molecule has 0 bridgehead atoms. The molecule has 1 saturated heterocycles. The van der Waals surface area contributed by atoms with E-state index < -0.39 is 5.97 Å². The summed E-state index contributed by atoms with van der Waals surface area (Å²) in [6, 6.07) is 4.08. The number of aromatic nitrogens is 3. The van der Waals surface area contributed by atoms with Crippen LogP contribution in [0.25, 0.3) is 0 Å². The van der Waals surface area contributed by atoms with Gasteiger partial charge in [0.2, 0.25) is 5.95 Å². The van der Waals surface area contributed by atoms with E-state index in [1.54, 1.807) is 21.3 Å². The Morgan fingerprint density at radius 1 is 1.21 bits per heavy atom. The summed E-state index contributed by atoms with van der Waals surface area (Å²) in [6.45, 7) is 2.05. The largest absolute Gasteiger partial charge is 0.493 e. The number of carbonyl (C=O) groups is 1. The Morgan fingerprint density at radius 2 is 1.89 bits per heavy atom. The van der Waals surface area contributed by atoms with Crippen molar-refractivity contribution in [3.05, 3.63) is 29.1 Å². The SMILES string of the molecule is COc1cc2c(cc1OC)C1(CCN(c3nc(C(=O)O)nn3C)CC1)OCC2. The van der Waals surface area contributed by atoms with E-state index in [9.17, 15) is 4.79 Å². The summed E-state index contributed by atoms with van der Waals surface area (Å²) in [5, 5.41) is 13.1. The van der Waals surface area contributed by atoms with Crippen molar-refractivity contribution in [3.8, 4) is 11.5 Å². The number of rotatable bonds is 4. The lowest BCUT2D eigenvalue weighted by Crippen LogP contribution is -2.47. The quantitative estimate of drug-likeness (QED) is 0.843. The molecular weight excluding hydrogens is 364 g/mol. The Balaban J connectivity index is 1.61. The fourth-order valence-corrected chi connectivity index (χ4v) is 4.21. The van der Waals surface area contributed by atoms with Crippen molar-refractivity contribution < 1.29 is 24.1 Å². The number of nitrogens with zero attached hydrogens (tertiary/aromatic N) is 4. The van der Waals surface area contributed by atoms with Crippen LogP contribution >= 0.6 is 0 Å². The minimum Gasteiger partial charge on any atom is -0.493 e. The first-order valence-corrected chi connectivity index (χ1v) is 9.26. The molecule has 9 nitrogen and oxygen atoms in total. The van der Waals surface area contributed by atoms with Gasteiger partial charge in [0.05, 0.1) is 26.4 Å². The lowest BCUT2D eigenvalue weighted by Gasteiger charge is -2.45. The summed E-state index contributed by atoms with van der Waals surface area (Å²) in [6.07, 6.45) is 2.38. The lowest BCUT2D eigenvalue weighted by atomic mass is 9.79. The third kappa shape index (κ3) is 2.95. The first kappa shape index (κ1) is 18.5. The molecule has 1 aromatic heterocycles. The van der Waals surface area contributed by atoms with Crippen LogP contribution in [0.2, 0.25) is 0 Å². The van der Waals surface area contributed by atoms with Gasteiger partial charge in [-0.3, -0.25) is 0 Å². The maximum atomic E-state index is 11.1. The molecule has 0 atom stereocenters. The number of aromatic carboxylic acids is 1. The zero-order chi connectivity index (χ0) is 19.9. The first-order valence-electron chi connectivity index (χ1n) is 9.26. The number of ether oxygens (including phenoxy) is 3. The van der Waals surface area contributed by atoms with E-state index in [-0.39, 0.29) is 11.4 Å². The Kier molecular flexibility index (Phi) is 4.62. The molecule has 2 aliphatic rings. The van der Waals surface area contributed by atoms with Crippen LogP contribution in [0.3, 0.4) is 0 Å². The van der Waals surface area contributed by atoms with Crippen LogP contribution in [0.15, 0.2) is 12.1 Å². The third-order valence-corrected chi connectivity index (χ3v) is 5.64. The maximum absolute atomic E-state index is 11.1. The van der Waals surface area contributed by atoms with Gasteiger partial charge in [-0.05, 0) is 42.5 Å². The van der Waals surface area contributed by atoms with Crippen LogP contribution in [-0.2, 0) is 23.8 Å². The summed E-state index contributed by atoms with van der Waals surface area (Å²) in [5.74, 6) is 0.689. The predicted molar refractivity (Wildman–Crippen MR) is 100 cm³/mol. The van der Waals surface area contributed by atoms with Crippen LogP contribution in [0, 0.1) is 0 Å². The highest BCUT2D eigenvalue weighted by Crippen LogP contribution is 2.45. The summed E-state index contributed by atoms with van der Waals surface area (Å²) in [7, 11) is 4.99. The maximum Gasteiger partial charge on any atom is 0.375 e. The standard InChI is InChI=1S/C19H24N4O5/c1-22-18(20-16(21-22)17(24)25)23-7-5-19(6-8-23)13-11-15(27-3)14(26-2)10-12(13)4-9-28-19/h10-11H,4-9H2,1-3H3,(H,24,25). The van der Waals surface area contributed by atoms with Gasteiger partial charge in [-0.2, -0.15) is 4.98 Å². The molecule has 1 fully saturated rings. The second kappa shape index (κ2) is 6.97. The van der Waals surface area contributed by atoms with Crippen molar-refractivity contribution >= 4 is 11.9 Å². The topological polar surface area (TPSA) is 98.9 Å². The Morgan fingerprint density at radius 3 is 2.50 bits per heavy atom. The molecule has 0 unspecified atom stereocenters. The molecular formula is C19H24N4O5. The molecule has 2 aromatic rings. The average Bonchev–Trinajstić information content (AvgIpc) is 3.10. The summed E-state index contributed by atoms with van der Waals surface area (Å²) in [4.78, 5) is 17.4. The van der Waals surface area contributed by atoms with Gasteiger partial charge in [0.25, 0.3) is 5.82 Å². The molecule has 0 amide bonds. The van der Waals surface area contributed by atoms with E-state index >= 15 is 0 Å². The fourth-order valence-electron chi connectivity index (χ4n) is 4.21. The number of hydrogen-bond acceptors (Lipinski definition) is 7. The lowest BCUT2D eigenvalue weighted by molar-refractivity contribution is -0.0769. The zero-order valence-electron chi connectivity index (χ0n) is 16.3. The number of methoxy groups -OCH3 is 2. The van der Waals surface area contributed by atoms with Crippen LogP contribution < -0.4 is 14.4 Å². The molecule has 1 aromatic carbocycles. The number of carboxylic acids is 1. The van der Waals surface area contributed by atoms with E-state index in [2.05, 4.69) is 15.0 Å². The van der Waals surface area contributed by atoms with Gasteiger partial charge in [-0.1, -0.05) is 0 Å². The average molecular weight is 388 g/mol. The van der Waals surface area contributed by atoms with Crippen LogP contribution in [-0.4, -0.2) is 59.8 Å². The van der Waals surface area contributed by atoms with E-state index in [1.165, 1.54) is 10.2 Å². The van der Waals surface area contributed by atoms with Gasteiger partial charge in [0.1, 0.15) is 0 Å². The number of hydrogen-bond donors (Lipinski definition) is 1. The highest BCUT2D eigenvalue weighted by atomic mass is 16.5. The van der Waals surface area contributed by atoms with Gasteiger partial charge >= 0.3 is 5.97 Å². The van der Waals surface area contributed by atoms with Crippen molar-refractivity contribution in [2.24, 2.45) is 7.05 Å². The second-order valence-corrected chi connectivity index (χ2v) is 7.11. The highest BCUT2D eigenvalue weighted by molar-refractivity contribution is 5.83. The monoisotopic (exact) mass is 388 g/mol. The number of benzene rings is 1. The summed E-state index contributed by atoms with van der Waals surface area (Å²) >= 11 is 0. The van der Waals surface area contributed by atoms with Gasteiger partial charge in [-0.15, -0.1) is 5.10 Å². The summed E-state index contributed by atoms with van der Waals surface area (Å²) < 4.78 is 18.8. The molecule has 28 heavy (non-hydrogen) atoms.